The Balaban J connectivity index is 2.50. The zero-order valence-corrected chi connectivity index (χ0v) is 11.2. The lowest BCUT2D eigenvalue weighted by atomic mass is 10.1. The van der Waals surface area contributed by atoms with E-state index in [1.807, 2.05) is 13.8 Å². The monoisotopic (exact) mass is 264 g/mol. The highest BCUT2D eigenvalue weighted by Crippen LogP contribution is 2.35. The van der Waals surface area contributed by atoms with Crippen molar-refractivity contribution in [2.45, 2.75) is 24.0 Å². The van der Waals surface area contributed by atoms with Crippen molar-refractivity contribution in [3.8, 4) is 0 Å². The topological polar surface area (TPSA) is 47.3 Å². The van der Waals surface area contributed by atoms with Gasteiger partial charge in [0.2, 0.25) is 0 Å². The highest BCUT2D eigenvalue weighted by Gasteiger charge is 2.32. The van der Waals surface area contributed by atoms with Gasteiger partial charge in [-0.05, 0) is 24.1 Å². The first-order chi connectivity index (χ1) is 8.53. The molecule has 0 spiro atoms. The second-order valence-corrected chi connectivity index (χ2v) is 6.65. The number of sulfone groups is 1. The average Bonchev–Trinajstić information content (AvgIpc) is 2.83. The Bertz CT molecular complexity index is 583. The number of hydrogen-bond acceptors (Lipinski definition) is 3. The summed E-state index contributed by atoms with van der Waals surface area (Å²) < 4.78 is 30.3. The van der Waals surface area contributed by atoms with E-state index in [-0.39, 0.29) is 5.92 Å². The van der Waals surface area contributed by atoms with Gasteiger partial charge in [-0.15, -0.1) is 0 Å². The predicted molar refractivity (Wildman–Crippen MR) is 69.9 cm³/mol. The van der Waals surface area contributed by atoms with Gasteiger partial charge in [-0.2, -0.15) is 0 Å². The highest BCUT2D eigenvalue weighted by molar-refractivity contribution is 7.91. The van der Waals surface area contributed by atoms with Crippen molar-refractivity contribution in [2.24, 2.45) is 5.92 Å². The first-order valence-electron chi connectivity index (χ1n) is 5.84. The van der Waals surface area contributed by atoms with Gasteiger partial charge in [0.25, 0.3) is 0 Å². The van der Waals surface area contributed by atoms with Gasteiger partial charge < -0.3 is 4.42 Å². The van der Waals surface area contributed by atoms with Crippen LogP contribution < -0.4 is 0 Å². The van der Waals surface area contributed by atoms with E-state index in [1.165, 1.54) is 12.5 Å². The number of hydrogen-bond donors (Lipinski definition) is 0. The van der Waals surface area contributed by atoms with Gasteiger partial charge in [-0.3, -0.25) is 0 Å². The Labute approximate surface area is 107 Å². The minimum Gasteiger partial charge on any atom is -0.472 e. The fourth-order valence-electron chi connectivity index (χ4n) is 2.12. The first-order valence-corrected chi connectivity index (χ1v) is 7.39. The molecular formula is C14H16O3S. The Kier molecular flexibility index (Phi) is 3.57. The van der Waals surface area contributed by atoms with Crippen LogP contribution in [-0.4, -0.2) is 8.42 Å². The van der Waals surface area contributed by atoms with Crippen LogP contribution in [0.4, 0.5) is 0 Å². The lowest BCUT2D eigenvalue weighted by Gasteiger charge is -2.20. The lowest BCUT2D eigenvalue weighted by molar-refractivity contribution is 0.528. The van der Waals surface area contributed by atoms with Crippen molar-refractivity contribution >= 4 is 9.84 Å². The minimum absolute atomic E-state index is 0.0205. The fraction of sp³-hybridized carbons (Fsp3) is 0.286. The van der Waals surface area contributed by atoms with Crippen LogP contribution in [0.25, 0.3) is 0 Å². The molecule has 0 N–H and O–H groups in total. The summed E-state index contributed by atoms with van der Waals surface area (Å²) in [6.45, 7) is 3.80. The molecular weight excluding hydrogens is 248 g/mol. The van der Waals surface area contributed by atoms with Gasteiger partial charge >= 0.3 is 0 Å². The van der Waals surface area contributed by atoms with Crippen LogP contribution in [0.5, 0.6) is 0 Å². The first kappa shape index (κ1) is 12.9. The van der Waals surface area contributed by atoms with Gasteiger partial charge in [0, 0.05) is 5.56 Å². The standard InChI is InChI=1S/C14H16O3S/c1-11(2)14(12-8-9-17-10-12)18(15,16)13-6-4-3-5-7-13/h3-11,14H,1-2H3. The molecule has 18 heavy (non-hydrogen) atoms. The lowest BCUT2D eigenvalue weighted by Crippen LogP contribution is -2.18. The van der Waals surface area contributed by atoms with Gasteiger partial charge in [0.1, 0.15) is 0 Å². The van der Waals surface area contributed by atoms with Crippen LogP contribution in [0.1, 0.15) is 24.7 Å². The molecule has 1 atom stereocenters. The third kappa shape index (κ3) is 2.34. The van der Waals surface area contributed by atoms with E-state index in [0.29, 0.717) is 10.5 Å². The van der Waals surface area contributed by atoms with Crippen LogP contribution in [-0.2, 0) is 9.84 Å². The third-order valence-electron chi connectivity index (χ3n) is 2.88. The third-order valence-corrected chi connectivity index (χ3v) is 5.30. The van der Waals surface area contributed by atoms with Crippen molar-refractivity contribution in [1.82, 2.24) is 0 Å². The second-order valence-electron chi connectivity index (χ2n) is 4.58. The average molecular weight is 264 g/mol. The molecule has 3 nitrogen and oxygen atoms in total. The van der Waals surface area contributed by atoms with E-state index in [4.69, 9.17) is 4.42 Å². The van der Waals surface area contributed by atoms with Gasteiger partial charge in [0.15, 0.2) is 9.84 Å². The molecule has 4 heteroatoms. The van der Waals surface area contributed by atoms with Crippen molar-refractivity contribution in [3.63, 3.8) is 0 Å². The quantitative estimate of drug-likeness (QED) is 0.849. The van der Waals surface area contributed by atoms with Crippen LogP contribution in [0.2, 0.25) is 0 Å². The Morgan fingerprint density at radius 2 is 1.72 bits per heavy atom. The summed E-state index contributed by atoms with van der Waals surface area (Å²) in [7, 11) is -3.38. The van der Waals surface area contributed by atoms with E-state index in [0.717, 1.165) is 0 Å². The Morgan fingerprint density at radius 3 is 2.22 bits per heavy atom. The minimum atomic E-state index is -3.38. The van der Waals surface area contributed by atoms with Gasteiger partial charge in [0.05, 0.1) is 22.7 Å². The molecule has 0 bridgehead atoms. The molecule has 0 aliphatic rings. The zero-order valence-electron chi connectivity index (χ0n) is 10.4. The molecule has 2 rings (SSSR count). The van der Waals surface area contributed by atoms with E-state index < -0.39 is 15.1 Å². The molecule has 2 aromatic rings. The van der Waals surface area contributed by atoms with Crippen molar-refractivity contribution < 1.29 is 12.8 Å². The molecule has 1 aromatic carbocycles. The van der Waals surface area contributed by atoms with E-state index in [2.05, 4.69) is 0 Å². The molecule has 0 fully saturated rings. The molecule has 1 aromatic heterocycles. The van der Waals surface area contributed by atoms with Gasteiger partial charge in [-0.1, -0.05) is 32.0 Å². The highest BCUT2D eigenvalue weighted by atomic mass is 32.2. The Morgan fingerprint density at radius 1 is 1.06 bits per heavy atom. The predicted octanol–water partition coefficient (Wildman–Crippen LogP) is 3.45. The maximum atomic E-state index is 12.6. The Hall–Kier alpha value is -1.55. The summed E-state index contributed by atoms with van der Waals surface area (Å²) in [6.07, 6.45) is 3.01. The SMILES string of the molecule is CC(C)C(c1ccoc1)S(=O)(=O)c1ccccc1. The number of benzene rings is 1. The number of rotatable bonds is 4. The second kappa shape index (κ2) is 4.98. The fourth-order valence-corrected chi connectivity index (χ4v) is 4.15. The van der Waals surface area contributed by atoms with Crippen molar-refractivity contribution in [1.29, 1.82) is 0 Å². The van der Waals surface area contributed by atoms with E-state index >= 15 is 0 Å². The normalized spacial score (nSPS) is 13.7. The summed E-state index contributed by atoms with van der Waals surface area (Å²) in [5.41, 5.74) is 0.703. The van der Waals surface area contributed by atoms with E-state index in [9.17, 15) is 8.42 Å². The maximum Gasteiger partial charge on any atom is 0.185 e. The summed E-state index contributed by atoms with van der Waals surface area (Å²) in [4.78, 5) is 0.352. The maximum absolute atomic E-state index is 12.6. The molecule has 0 saturated carbocycles. The molecule has 0 saturated heterocycles. The largest absolute Gasteiger partial charge is 0.472 e. The van der Waals surface area contributed by atoms with Crippen molar-refractivity contribution in [2.75, 3.05) is 0 Å². The molecule has 96 valence electrons. The summed E-state index contributed by atoms with van der Waals surface area (Å²) >= 11 is 0. The molecule has 0 amide bonds. The van der Waals surface area contributed by atoms with Crippen LogP contribution >= 0.6 is 0 Å². The summed E-state index contributed by atoms with van der Waals surface area (Å²) in [5.74, 6) is -0.0205. The van der Waals surface area contributed by atoms with Gasteiger partial charge in [-0.25, -0.2) is 8.42 Å². The molecule has 1 heterocycles. The van der Waals surface area contributed by atoms with Crippen molar-refractivity contribution in [3.05, 3.63) is 54.5 Å². The smallest absolute Gasteiger partial charge is 0.185 e. The van der Waals surface area contributed by atoms with Crippen LogP contribution in [0, 0.1) is 5.92 Å². The molecule has 0 aliphatic carbocycles. The van der Waals surface area contributed by atoms with Crippen LogP contribution in [0.3, 0.4) is 0 Å². The molecule has 0 aliphatic heterocycles. The molecule has 0 radical (unpaired) electrons. The molecule has 1 unspecified atom stereocenters. The summed E-state index contributed by atoms with van der Waals surface area (Å²) in [5, 5.41) is -0.571. The van der Waals surface area contributed by atoms with Crippen LogP contribution in [0.15, 0.2) is 58.2 Å². The van der Waals surface area contributed by atoms with E-state index in [1.54, 1.807) is 36.4 Å². The number of furan rings is 1. The zero-order chi connectivity index (χ0) is 13.2. The summed E-state index contributed by atoms with van der Waals surface area (Å²) in [6, 6.07) is 10.3.